The number of aryl methyl sites for hydroxylation is 2. The molecule has 0 saturated carbocycles. The van der Waals surface area contributed by atoms with E-state index in [4.69, 9.17) is 17.2 Å². The number of rotatable bonds is 17. The van der Waals surface area contributed by atoms with E-state index in [0.717, 1.165) is 22.3 Å². The molecule has 0 aliphatic heterocycles. The number of aliphatic imine (C=N–C) groups is 2. The van der Waals surface area contributed by atoms with Crippen LogP contribution in [0.3, 0.4) is 0 Å². The third-order valence-corrected chi connectivity index (χ3v) is 7.55. The number of hydrogen-bond acceptors (Lipinski definition) is 7. The Morgan fingerprint density at radius 1 is 0.936 bits per heavy atom. The van der Waals surface area contributed by atoms with Crippen LogP contribution in [0.25, 0.3) is 0 Å². The molecule has 0 saturated heterocycles. The van der Waals surface area contributed by atoms with Gasteiger partial charge in [0.1, 0.15) is 23.9 Å². The van der Waals surface area contributed by atoms with Crippen LogP contribution in [0.4, 0.5) is 0 Å². The third kappa shape index (κ3) is 13.0. The van der Waals surface area contributed by atoms with Crippen LogP contribution in [-0.2, 0) is 32.0 Å². The largest absolute Gasteiger partial charge is 0.508 e. The monoisotopic (exact) mass is 651 g/mol. The van der Waals surface area contributed by atoms with Gasteiger partial charge in [-0.1, -0.05) is 30.3 Å². The first-order valence-electron chi connectivity index (χ1n) is 15.5. The summed E-state index contributed by atoms with van der Waals surface area (Å²) in [5, 5.41) is 18.2. The van der Waals surface area contributed by atoms with Crippen molar-refractivity contribution in [3.63, 3.8) is 0 Å². The average molecular weight is 652 g/mol. The summed E-state index contributed by atoms with van der Waals surface area (Å²) >= 11 is 0. The Labute approximate surface area is 276 Å². The molecule has 0 aromatic heterocycles. The van der Waals surface area contributed by atoms with Gasteiger partial charge in [-0.3, -0.25) is 29.2 Å². The molecule has 0 bridgehead atoms. The topological polar surface area (TPSA) is 231 Å². The second-order valence-corrected chi connectivity index (χ2v) is 11.5. The molecule has 0 unspecified atom stereocenters. The summed E-state index contributed by atoms with van der Waals surface area (Å²) in [5.74, 6) is -1.55. The van der Waals surface area contributed by atoms with Crippen molar-refractivity contribution in [2.45, 2.75) is 71.0 Å². The lowest BCUT2D eigenvalue weighted by molar-refractivity contribution is -0.137. The minimum absolute atomic E-state index is 0.0939. The maximum Gasteiger partial charge on any atom is 0.245 e. The Hall–Kier alpha value is -5.14. The van der Waals surface area contributed by atoms with Gasteiger partial charge < -0.3 is 43.2 Å². The van der Waals surface area contributed by atoms with Crippen LogP contribution in [0.5, 0.6) is 5.75 Å². The van der Waals surface area contributed by atoms with Gasteiger partial charge in [-0.15, -0.1) is 0 Å². The number of phenols is 1. The second kappa shape index (κ2) is 18.7. The first kappa shape index (κ1) is 38.0. The van der Waals surface area contributed by atoms with Gasteiger partial charge in [-0.05, 0) is 68.0 Å². The molecule has 0 spiro atoms. The SMILES string of the molecule is CNC(=O)CCN(C)C(=O)[C@H](Cc1ccccc1)NC(=O)[C@@H](CCCN=C(N)N)NC(=O)[C@H](Cc1c(C)cc(O)cc1C)N=C(C)N. The number of carbonyl (C=O) groups excluding carboxylic acids is 4. The maximum atomic E-state index is 13.9. The molecular weight excluding hydrogens is 602 g/mol. The summed E-state index contributed by atoms with van der Waals surface area (Å²) in [5.41, 5.74) is 20.0. The summed E-state index contributed by atoms with van der Waals surface area (Å²) in [6.07, 6.45) is 0.952. The molecule has 2 aromatic rings. The number of phenolic OH excluding ortho intramolecular Hbond substituents is 1. The van der Waals surface area contributed by atoms with Gasteiger partial charge in [-0.25, -0.2) is 0 Å². The molecule has 0 aliphatic rings. The number of benzene rings is 2. The van der Waals surface area contributed by atoms with Crippen LogP contribution in [0, 0.1) is 13.8 Å². The van der Waals surface area contributed by atoms with Crippen LogP contribution in [0.2, 0.25) is 0 Å². The van der Waals surface area contributed by atoms with Crippen molar-refractivity contribution in [1.29, 1.82) is 0 Å². The lowest BCUT2D eigenvalue weighted by Gasteiger charge is -2.27. The molecule has 0 aliphatic carbocycles. The normalized spacial score (nSPS) is 13.1. The number of carbonyl (C=O) groups is 4. The van der Waals surface area contributed by atoms with E-state index in [0.29, 0.717) is 6.42 Å². The number of likely N-dealkylation sites (N-methyl/N-ethyl adjacent to an activating group) is 1. The van der Waals surface area contributed by atoms with Crippen LogP contribution >= 0.6 is 0 Å². The summed E-state index contributed by atoms with van der Waals surface area (Å²) in [7, 11) is 3.08. The number of guanidine groups is 1. The maximum absolute atomic E-state index is 13.9. The van der Waals surface area contributed by atoms with E-state index in [-0.39, 0.29) is 62.2 Å². The Morgan fingerprint density at radius 3 is 2.13 bits per heavy atom. The van der Waals surface area contributed by atoms with Crippen molar-refractivity contribution < 1.29 is 24.3 Å². The predicted octanol–water partition coefficient (Wildman–Crippen LogP) is 0.158. The Kier molecular flexibility index (Phi) is 15.2. The average Bonchev–Trinajstić information content (AvgIpc) is 3.01. The van der Waals surface area contributed by atoms with E-state index in [1.165, 1.54) is 11.9 Å². The van der Waals surface area contributed by atoms with E-state index < -0.39 is 35.8 Å². The molecule has 14 nitrogen and oxygen atoms in total. The number of nitrogens with zero attached hydrogens (tertiary/aromatic N) is 3. The fraction of sp³-hybridized carbons (Fsp3) is 0.455. The van der Waals surface area contributed by atoms with E-state index >= 15 is 0 Å². The molecule has 3 atom stereocenters. The molecule has 4 amide bonds. The molecule has 0 fully saturated rings. The molecule has 0 heterocycles. The van der Waals surface area contributed by atoms with E-state index in [9.17, 15) is 24.3 Å². The summed E-state index contributed by atoms with van der Waals surface area (Å²) < 4.78 is 0. The van der Waals surface area contributed by atoms with Crippen molar-refractivity contribution in [1.82, 2.24) is 20.9 Å². The van der Waals surface area contributed by atoms with Gasteiger partial charge in [0, 0.05) is 46.4 Å². The fourth-order valence-corrected chi connectivity index (χ4v) is 5.06. The Balaban J connectivity index is 2.37. The minimum Gasteiger partial charge on any atom is -0.508 e. The third-order valence-electron chi connectivity index (χ3n) is 7.55. The lowest BCUT2D eigenvalue weighted by Crippen LogP contribution is -2.56. The zero-order valence-electron chi connectivity index (χ0n) is 27.9. The highest BCUT2D eigenvalue weighted by Gasteiger charge is 2.31. The quantitative estimate of drug-likeness (QED) is 0.0706. The number of nitrogens with one attached hydrogen (secondary N) is 3. The minimum atomic E-state index is -1.07. The van der Waals surface area contributed by atoms with Crippen molar-refractivity contribution in [2.24, 2.45) is 27.2 Å². The number of nitrogens with two attached hydrogens (primary N) is 3. The fourth-order valence-electron chi connectivity index (χ4n) is 5.06. The number of amidine groups is 1. The van der Waals surface area contributed by atoms with Gasteiger partial charge >= 0.3 is 0 Å². The Bertz CT molecular complexity index is 1410. The van der Waals surface area contributed by atoms with Crippen LogP contribution in [-0.4, -0.2) is 90.7 Å². The molecular formula is C33H49N9O5. The van der Waals surface area contributed by atoms with Gasteiger partial charge in [0.05, 0.1) is 5.84 Å². The van der Waals surface area contributed by atoms with Gasteiger partial charge in [0.15, 0.2) is 5.96 Å². The van der Waals surface area contributed by atoms with Crippen molar-refractivity contribution >= 4 is 35.4 Å². The first-order chi connectivity index (χ1) is 22.2. The second-order valence-electron chi connectivity index (χ2n) is 11.5. The van der Waals surface area contributed by atoms with E-state index in [1.807, 2.05) is 44.2 Å². The van der Waals surface area contributed by atoms with Gasteiger partial charge in [0.2, 0.25) is 23.6 Å². The smallest absolute Gasteiger partial charge is 0.245 e. The summed E-state index contributed by atoms with van der Waals surface area (Å²) in [4.78, 5) is 62.7. The predicted molar refractivity (Wildman–Crippen MR) is 183 cm³/mol. The van der Waals surface area contributed by atoms with Crippen LogP contribution < -0.4 is 33.2 Å². The molecule has 2 rings (SSSR count). The molecule has 47 heavy (non-hydrogen) atoms. The zero-order chi connectivity index (χ0) is 35.1. The molecule has 256 valence electrons. The number of amides is 4. The Morgan fingerprint density at radius 2 is 1.55 bits per heavy atom. The van der Waals surface area contributed by atoms with E-state index in [2.05, 4.69) is 25.9 Å². The summed E-state index contributed by atoms with van der Waals surface area (Å²) in [6.45, 7) is 5.58. The highest BCUT2D eigenvalue weighted by Crippen LogP contribution is 2.23. The van der Waals surface area contributed by atoms with Crippen molar-refractivity contribution in [3.8, 4) is 5.75 Å². The highest BCUT2D eigenvalue weighted by molar-refractivity contribution is 5.94. The summed E-state index contributed by atoms with van der Waals surface area (Å²) in [6, 6.07) is 9.37. The molecule has 14 heteroatoms. The standard InChI is InChI=1S/C33H49N9O5/c1-20-16-24(43)17-21(2)25(20)19-27(39-22(3)34)31(46)40-26(12-9-14-38-33(35)36)30(45)41-28(18-23-10-7-6-8-11-23)32(47)42(5)15-13-29(44)37-4/h6-8,10-11,16-17,26-28,43H,9,12-15,18-19H2,1-5H3,(H2,34,39)(H,37,44)(H,40,46)(H,41,45)(H4,35,36,38)/t26-,27+,28+/m1/s1. The molecule has 10 N–H and O–H groups in total. The first-order valence-corrected chi connectivity index (χ1v) is 15.5. The zero-order valence-corrected chi connectivity index (χ0v) is 27.9. The van der Waals surface area contributed by atoms with Crippen LogP contribution in [0.1, 0.15) is 48.4 Å². The number of aromatic hydroxyl groups is 1. The van der Waals surface area contributed by atoms with Gasteiger partial charge in [-0.2, -0.15) is 0 Å². The molecule has 2 aromatic carbocycles. The number of hydrogen-bond donors (Lipinski definition) is 7. The van der Waals surface area contributed by atoms with Crippen molar-refractivity contribution in [3.05, 3.63) is 64.7 Å². The van der Waals surface area contributed by atoms with Crippen molar-refractivity contribution in [2.75, 3.05) is 27.2 Å². The van der Waals surface area contributed by atoms with Gasteiger partial charge in [0.25, 0.3) is 0 Å². The molecule has 0 radical (unpaired) electrons. The van der Waals surface area contributed by atoms with E-state index in [1.54, 1.807) is 26.1 Å². The van der Waals surface area contributed by atoms with Crippen LogP contribution in [0.15, 0.2) is 52.4 Å². The highest BCUT2D eigenvalue weighted by atomic mass is 16.3. The lowest BCUT2D eigenvalue weighted by atomic mass is 9.95.